The normalized spacial score (nSPS) is 13.0. The highest BCUT2D eigenvalue weighted by atomic mass is 32.3. The number of phenolic OH excluding ortho intramolecular Hbond substituents is 1. The van der Waals surface area contributed by atoms with E-state index in [1.807, 2.05) is 0 Å². The van der Waals surface area contributed by atoms with E-state index in [0.29, 0.717) is 18.2 Å². The van der Waals surface area contributed by atoms with E-state index < -0.39 is 122 Å². The maximum Gasteiger partial charge on any atom is 0.398 e. The molecule has 5 rings (SSSR count). The van der Waals surface area contributed by atoms with Crippen LogP contribution in [0.2, 0.25) is 0 Å². The molecule has 7 N–H and O–H groups in total. The van der Waals surface area contributed by atoms with E-state index in [1.54, 1.807) is 0 Å². The summed E-state index contributed by atoms with van der Waals surface area (Å²) >= 11 is 0. The smallest absolute Gasteiger partial charge is 0.398 e. The van der Waals surface area contributed by atoms with Gasteiger partial charge in [0.1, 0.15) is 10.6 Å². The summed E-state index contributed by atoms with van der Waals surface area (Å²) < 4.78 is 175. The Labute approximate surface area is 315 Å². The predicted octanol–water partition coefficient (Wildman–Crippen LogP) is 3.37. The molecule has 5 aromatic rings. The van der Waals surface area contributed by atoms with Crippen molar-refractivity contribution in [3.8, 4) is 5.75 Å². The molecule has 56 heavy (non-hydrogen) atoms. The second kappa shape index (κ2) is 14.9. The number of rotatable bonds is 13. The van der Waals surface area contributed by atoms with E-state index in [-0.39, 0.29) is 16.9 Å². The Balaban J connectivity index is 1.60. The van der Waals surface area contributed by atoms with Crippen LogP contribution in [-0.4, -0.2) is 86.3 Å². The zero-order chi connectivity index (χ0) is 41.6. The number of fused-ring (bicyclic) bond motifs is 1. The summed E-state index contributed by atoms with van der Waals surface area (Å²) in [5.41, 5.74) is -1.58. The van der Waals surface area contributed by atoms with Gasteiger partial charge in [0.05, 0.1) is 26.1 Å². The molecule has 0 amide bonds. The van der Waals surface area contributed by atoms with Crippen LogP contribution in [-0.2, 0) is 54.8 Å². The molecule has 0 aliphatic heterocycles. The molecule has 0 spiro atoms. The number of benzene rings is 4. The van der Waals surface area contributed by atoms with Crippen LogP contribution in [0.4, 0.5) is 39.0 Å². The Bertz CT molecular complexity index is 3020. The molecule has 1 heterocycles. The molecule has 0 bridgehead atoms. The van der Waals surface area contributed by atoms with Crippen LogP contribution in [0.25, 0.3) is 10.8 Å². The second-order valence-corrected chi connectivity index (χ2v) is 18.2. The summed E-state index contributed by atoms with van der Waals surface area (Å²) in [6, 6.07) is 9.23. The van der Waals surface area contributed by atoms with Crippen molar-refractivity contribution in [2.45, 2.75) is 26.5 Å². The molecule has 0 aliphatic rings. The van der Waals surface area contributed by atoms with Crippen LogP contribution >= 0.6 is 0 Å². The van der Waals surface area contributed by atoms with Crippen molar-refractivity contribution in [2.24, 2.45) is 10.2 Å². The van der Waals surface area contributed by atoms with Crippen molar-refractivity contribution in [2.75, 3.05) is 16.6 Å². The minimum Gasteiger partial charge on any atom is -0.505 e. The van der Waals surface area contributed by atoms with Gasteiger partial charge in [0.15, 0.2) is 11.7 Å². The second-order valence-electron chi connectivity index (χ2n) is 11.0. The van der Waals surface area contributed by atoms with E-state index in [2.05, 4.69) is 40.0 Å². The summed E-state index contributed by atoms with van der Waals surface area (Å²) in [6.07, 6.45) is -1.44. The lowest BCUT2D eigenvalue weighted by molar-refractivity contribution is 0.306. The van der Waals surface area contributed by atoms with E-state index >= 15 is 0 Å². The summed E-state index contributed by atoms with van der Waals surface area (Å²) in [4.78, 5) is 7.84. The molecule has 4 aromatic carbocycles. The third-order valence-electron chi connectivity index (χ3n) is 7.08. The Kier molecular flexibility index (Phi) is 11.1. The van der Waals surface area contributed by atoms with E-state index in [4.69, 9.17) is 4.55 Å². The van der Waals surface area contributed by atoms with Gasteiger partial charge in [0, 0.05) is 11.1 Å². The van der Waals surface area contributed by atoms with Crippen LogP contribution in [0.3, 0.4) is 0 Å². The number of sulfone groups is 1. The molecule has 0 atom stereocenters. The molecule has 29 heteroatoms. The first-order valence-electron chi connectivity index (χ1n) is 14.4. The lowest BCUT2D eigenvalue weighted by atomic mass is 10.1. The standard InChI is InChI=1S/C27H22FN7O16S5/c1-13-8-16(4-7-20(13)54(42,43)44)29-26-31-25(28)32-27(33-26)30-19-11-18(53(39,40)41)9-14-10-21(55(45,46)47)23(24(36)22(14)19)35-34-15-2-5-17(6-3-15)52(37,38)12-51-56(48,49)50/h2-11,36H,12H2,1H3,(H,39,40,41)(H,42,43,44)(H,45,46,47)(H,48,49,50)(H2,29,30,31,32,33). The number of hydrogen-bond donors (Lipinski definition) is 7. The van der Waals surface area contributed by atoms with Gasteiger partial charge < -0.3 is 15.7 Å². The quantitative estimate of drug-likeness (QED) is 0.0658. The van der Waals surface area contributed by atoms with Gasteiger partial charge in [0.2, 0.25) is 21.7 Å². The minimum absolute atomic E-state index is 0.0698. The number of aromatic hydroxyl groups is 1. The Morgan fingerprint density at radius 3 is 1.86 bits per heavy atom. The summed E-state index contributed by atoms with van der Waals surface area (Å²) in [6.45, 7) is 1.34. The van der Waals surface area contributed by atoms with Gasteiger partial charge in [-0.05, 0) is 78.5 Å². The summed E-state index contributed by atoms with van der Waals surface area (Å²) in [7, 11) is -24.5. The van der Waals surface area contributed by atoms with Crippen LogP contribution in [0.15, 0.2) is 90.5 Å². The molecular weight excluding hydrogens is 858 g/mol. The average Bonchev–Trinajstić information content (AvgIpc) is 3.05. The fourth-order valence-corrected chi connectivity index (χ4v) is 8.33. The fourth-order valence-electron chi connectivity index (χ4n) is 4.75. The number of aromatic nitrogens is 3. The number of azo groups is 1. The largest absolute Gasteiger partial charge is 0.505 e. The number of nitrogens with one attached hydrogen (secondary N) is 2. The van der Waals surface area contributed by atoms with Gasteiger partial charge in [-0.1, -0.05) is 0 Å². The fraction of sp³-hybridized carbons (Fsp3) is 0.0741. The lowest BCUT2D eigenvalue weighted by Gasteiger charge is -2.15. The molecule has 298 valence electrons. The average molecular weight is 880 g/mol. The van der Waals surface area contributed by atoms with Crippen LogP contribution in [0.5, 0.6) is 5.75 Å². The highest BCUT2D eigenvalue weighted by Crippen LogP contribution is 2.45. The summed E-state index contributed by atoms with van der Waals surface area (Å²) in [5.74, 6) is -3.80. The van der Waals surface area contributed by atoms with Gasteiger partial charge in [-0.15, -0.1) is 5.11 Å². The van der Waals surface area contributed by atoms with Crippen molar-refractivity contribution in [1.82, 2.24) is 15.0 Å². The van der Waals surface area contributed by atoms with E-state index in [0.717, 1.165) is 30.3 Å². The third kappa shape index (κ3) is 9.89. The molecular formula is C27H22FN7O16S5. The Morgan fingerprint density at radius 1 is 0.696 bits per heavy atom. The number of phenols is 1. The maximum absolute atomic E-state index is 14.6. The van der Waals surface area contributed by atoms with Gasteiger partial charge in [-0.3, -0.25) is 18.2 Å². The predicted molar refractivity (Wildman–Crippen MR) is 188 cm³/mol. The van der Waals surface area contributed by atoms with Crippen molar-refractivity contribution < 1.29 is 74.0 Å². The monoisotopic (exact) mass is 879 g/mol. The SMILES string of the molecule is Cc1cc(Nc2nc(F)nc(Nc3cc(S(=O)(=O)O)cc4cc(S(=O)(=O)O)c(N=Nc5ccc(S(=O)(=O)COS(=O)(=O)O)cc5)c(O)c34)n2)ccc1S(=O)(=O)O. The minimum atomic E-state index is -5.32. The zero-order valence-electron chi connectivity index (χ0n) is 27.4. The Hall–Kier alpha value is -5.37. The molecule has 0 aliphatic carbocycles. The molecule has 0 fully saturated rings. The van der Waals surface area contributed by atoms with Crippen molar-refractivity contribution in [1.29, 1.82) is 0 Å². The molecule has 0 radical (unpaired) electrons. The molecule has 1 aromatic heterocycles. The molecule has 23 nitrogen and oxygen atoms in total. The van der Waals surface area contributed by atoms with Crippen LogP contribution in [0, 0.1) is 13.0 Å². The number of nitrogens with zero attached hydrogens (tertiary/aromatic N) is 5. The van der Waals surface area contributed by atoms with E-state index in [9.17, 15) is 65.2 Å². The number of hydrogen-bond acceptors (Lipinski definition) is 19. The lowest BCUT2D eigenvalue weighted by Crippen LogP contribution is -2.14. The van der Waals surface area contributed by atoms with Gasteiger partial charge in [-0.2, -0.15) is 58.1 Å². The highest BCUT2D eigenvalue weighted by molar-refractivity contribution is 7.92. The molecule has 0 saturated carbocycles. The first-order valence-corrected chi connectivity index (χ1v) is 21.7. The maximum atomic E-state index is 14.6. The number of aryl methyl sites for hydroxylation is 1. The van der Waals surface area contributed by atoms with Crippen molar-refractivity contribution in [3.05, 3.63) is 72.3 Å². The highest BCUT2D eigenvalue weighted by Gasteiger charge is 2.26. The van der Waals surface area contributed by atoms with Crippen LogP contribution in [0.1, 0.15) is 5.56 Å². The topological polar surface area (TPSA) is 369 Å². The van der Waals surface area contributed by atoms with Crippen LogP contribution < -0.4 is 10.6 Å². The number of anilines is 4. The number of halogens is 1. The zero-order valence-corrected chi connectivity index (χ0v) is 31.4. The van der Waals surface area contributed by atoms with Gasteiger partial charge >= 0.3 is 16.5 Å². The molecule has 0 saturated heterocycles. The van der Waals surface area contributed by atoms with Crippen molar-refractivity contribution >= 4 is 96.0 Å². The van der Waals surface area contributed by atoms with Gasteiger partial charge in [-0.25, -0.2) is 12.6 Å². The summed E-state index contributed by atoms with van der Waals surface area (Å²) in [5, 5.41) is 22.7. The van der Waals surface area contributed by atoms with Gasteiger partial charge in [0.25, 0.3) is 30.4 Å². The first kappa shape index (κ1) is 41.8. The van der Waals surface area contributed by atoms with E-state index in [1.165, 1.54) is 19.1 Å². The molecule has 0 unspecified atom stereocenters. The first-order chi connectivity index (χ1) is 25.7. The third-order valence-corrected chi connectivity index (χ3v) is 11.8. The Morgan fingerprint density at radius 2 is 1.30 bits per heavy atom. The van der Waals surface area contributed by atoms with Crippen molar-refractivity contribution in [3.63, 3.8) is 0 Å².